The van der Waals surface area contributed by atoms with Gasteiger partial charge in [0.25, 0.3) is 0 Å². The second-order valence-electron chi connectivity index (χ2n) is 4.26. The van der Waals surface area contributed by atoms with Gasteiger partial charge in [-0.1, -0.05) is 0 Å². The molecule has 0 radical (unpaired) electrons. The minimum Gasteiger partial charge on any atom is -0.497 e. The van der Waals surface area contributed by atoms with E-state index in [1.807, 2.05) is 0 Å². The summed E-state index contributed by atoms with van der Waals surface area (Å²) >= 11 is 0. The number of hydrogen-bond acceptors (Lipinski definition) is 4. The third-order valence-electron chi connectivity index (χ3n) is 2.82. The number of nitrogens with two attached hydrogens (primary N) is 1. The maximum absolute atomic E-state index is 13.1. The van der Waals surface area contributed by atoms with Gasteiger partial charge in [-0.25, -0.2) is 4.39 Å². The van der Waals surface area contributed by atoms with Crippen molar-refractivity contribution in [1.29, 1.82) is 0 Å². The summed E-state index contributed by atoms with van der Waals surface area (Å²) in [5, 5.41) is 0. The van der Waals surface area contributed by atoms with Crippen molar-refractivity contribution < 1.29 is 18.1 Å². The van der Waals surface area contributed by atoms with Crippen LogP contribution in [0.5, 0.6) is 11.5 Å². The zero-order valence-corrected chi connectivity index (χ0v) is 12.4. The quantitative estimate of drug-likeness (QED) is 0.833. The molecule has 0 amide bonds. The van der Waals surface area contributed by atoms with E-state index < -0.39 is 16.6 Å². The molecule has 0 aliphatic heterocycles. The van der Waals surface area contributed by atoms with E-state index in [4.69, 9.17) is 15.2 Å². The highest BCUT2D eigenvalue weighted by molar-refractivity contribution is 7.85. The smallest absolute Gasteiger partial charge is 0.124 e. The number of ether oxygens (including phenoxy) is 2. The molecule has 21 heavy (non-hydrogen) atoms. The molecule has 0 aromatic heterocycles. The second-order valence-corrected chi connectivity index (χ2v) is 5.79. The van der Waals surface area contributed by atoms with Crippen LogP contribution in [0.1, 0.15) is 0 Å². The molecule has 0 saturated carbocycles. The molecule has 2 rings (SSSR count). The molecule has 112 valence electrons. The van der Waals surface area contributed by atoms with Crippen LogP contribution >= 0.6 is 0 Å². The standard InChI is InChI=1S/C15H16FNO3S/c1-19-12-3-5-13(6-4-12)20-8-9-21(18)15-10-11(16)2-7-14(15)17/h2-7,10H,8-9,17H2,1H3. The predicted molar refractivity (Wildman–Crippen MR) is 80.6 cm³/mol. The Kier molecular flexibility index (Phi) is 5.16. The number of anilines is 1. The molecule has 2 aromatic carbocycles. The van der Waals surface area contributed by atoms with Crippen LogP contribution in [-0.4, -0.2) is 23.7 Å². The lowest BCUT2D eigenvalue weighted by atomic mass is 10.3. The van der Waals surface area contributed by atoms with Crippen LogP contribution in [0.3, 0.4) is 0 Å². The summed E-state index contributed by atoms with van der Waals surface area (Å²) in [5.41, 5.74) is 6.01. The molecule has 0 saturated heterocycles. The van der Waals surface area contributed by atoms with Crippen LogP contribution in [0.2, 0.25) is 0 Å². The molecule has 0 fully saturated rings. The molecule has 2 N–H and O–H groups in total. The second kappa shape index (κ2) is 7.08. The van der Waals surface area contributed by atoms with Gasteiger partial charge in [0.05, 0.1) is 28.6 Å². The van der Waals surface area contributed by atoms with Crippen LogP contribution in [0.4, 0.5) is 10.1 Å². The number of nitrogen functional groups attached to an aromatic ring is 1. The van der Waals surface area contributed by atoms with E-state index in [9.17, 15) is 8.60 Å². The van der Waals surface area contributed by atoms with E-state index in [0.29, 0.717) is 16.3 Å². The van der Waals surface area contributed by atoms with Crippen molar-refractivity contribution in [3.05, 3.63) is 48.3 Å². The lowest BCUT2D eigenvalue weighted by Crippen LogP contribution is -2.10. The van der Waals surface area contributed by atoms with E-state index >= 15 is 0 Å². The first-order chi connectivity index (χ1) is 10.1. The largest absolute Gasteiger partial charge is 0.497 e. The SMILES string of the molecule is COc1ccc(OCCS(=O)c2cc(F)ccc2N)cc1. The van der Waals surface area contributed by atoms with E-state index in [0.717, 1.165) is 5.75 Å². The van der Waals surface area contributed by atoms with Gasteiger partial charge in [-0.2, -0.15) is 0 Å². The minimum absolute atomic E-state index is 0.236. The Balaban J connectivity index is 1.90. The summed E-state index contributed by atoms with van der Waals surface area (Å²) in [5.74, 6) is 1.17. The normalized spacial score (nSPS) is 11.9. The zero-order chi connectivity index (χ0) is 15.2. The molecule has 0 aliphatic carbocycles. The van der Waals surface area contributed by atoms with Gasteiger partial charge in [-0.05, 0) is 42.5 Å². The highest BCUT2D eigenvalue weighted by Crippen LogP contribution is 2.19. The molecule has 6 heteroatoms. The Hall–Kier alpha value is -2.08. The van der Waals surface area contributed by atoms with E-state index in [1.165, 1.54) is 18.2 Å². The molecular formula is C15H16FNO3S. The lowest BCUT2D eigenvalue weighted by molar-refractivity contribution is 0.341. The number of methoxy groups -OCH3 is 1. The maximum atomic E-state index is 13.1. The van der Waals surface area contributed by atoms with Crippen molar-refractivity contribution in [3.8, 4) is 11.5 Å². The van der Waals surface area contributed by atoms with Crippen LogP contribution < -0.4 is 15.2 Å². The number of benzene rings is 2. The Labute approximate surface area is 125 Å². The first-order valence-electron chi connectivity index (χ1n) is 6.30. The molecule has 0 spiro atoms. The van der Waals surface area contributed by atoms with E-state index in [-0.39, 0.29) is 12.4 Å². The van der Waals surface area contributed by atoms with Gasteiger partial charge in [0.2, 0.25) is 0 Å². The first kappa shape index (κ1) is 15.3. The molecule has 0 aliphatic rings. The summed E-state index contributed by atoms with van der Waals surface area (Å²) in [6.07, 6.45) is 0. The van der Waals surface area contributed by atoms with Gasteiger partial charge in [-0.15, -0.1) is 0 Å². The Morgan fingerprint density at radius 2 is 1.81 bits per heavy atom. The summed E-state index contributed by atoms with van der Waals surface area (Å²) in [6.45, 7) is 0.245. The molecule has 1 atom stereocenters. The Bertz CT molecular complexity index is 631. The molecule has 1 unspecified atom stereocenters. The van der Waals surface area contributed by atoms with E-state index in [2.05, 4.69) is 0 Å². The van der Waals surface area contributed by atoms with Crippen LogP contribution in [0.15, 0.2) is 47.4 Å². The average molecular weight is 309 g/mol. The highest BCUT2D eigenvalue weighted by Gasteiger charge is 2.09. The Morgan fingerprint density at radius 3 is 2.48 bits per heavy atom. The van der Waals surface area contributed by atoms with Crippen LogP contribution in [-0.2, 0) is 10.8 Å². The summed E-state index contributed by atoms with van der Waals surface area (Å²) in [7, 11) is 0.186. The highest BCUT2D eigenvalue weighted by atomic mass is 32.2. The third kappa shape index (κ3) is 4.19. The van der Waals surface area contributed by atoms with Gasteiger partial charge in [0.1, 0.15) is 23.9 Å². The van der Waals surface area contributed by atoms with Gasteiger partial charge in [0.15, 0.2) is 0 Å². The first-order valence-corrected chi connectivity index (χ1v) is 7.62. The molecular weight excluding hydrogens is 293 g/mol. The molecule has 4 nitrogen and oxygen atoms in total. The van der Waals surface area contributed by atoms with Crippen molar-refractivity contribution in [2.75, 3.05) is 25.2 Å². The average Bonchev–Trinajstić information content (AvgIpc) is 2.50. The summed E-state index contributed by atoms with van der Waals surface area (Å²) in [4.78, 5) is 0.299. The number of rotatable bonds is 6. The van der Waals surface area contributed by atoms with Crippen LogP contribution in [0, 0.1) is 5.82 Å². The van der Waals surface area contributed by atoms with Gasteiger partial charge in [0, 0.05) is 5.69 Å². The fraction of sp³-hybridized carbons (Fsp3) is 0.200. The van der Waals surface area contributed by atoms with Crippen molar-refractivity contribution >= 4 is 16.5 Å². The van der Waals surface area contributed by atoms with Gasteiger partial charge in [-0.3, -0.25) is 4.21 Å². The molecule has 2 aromatic rings. The number of halogens is 1. The van der Waals surface area contributed by atoms with Gasteiger partial charge < -0.3 is 15.2 Å². The van der Waals surface area contributed by atoms with Gasteiger partial charge >= 0.3 is 0 Å². The zero-order valence-electron chi connectivity index (χ0n) is 11.5. The lowest BCUT2D eigenvalue weighted by Gasteiger charge is -2.08. The summed E-state index contributed by atoms with van der Waals surface area (Å²) in [6, 6.07) is 10.9. The topological polar surface area (TPSA) is 61.5 Å². The van der Waals surface area contributed by atoms with E-state index in [1.54, 1.807) is 31.4 Å². The fourth-order valence-corrected chi connectivity index (χ4v) is 2.75. The monoisotopic (exact) mass is 309 g/mol. The fourth-order valence-electron chi connectivity index (χ4n) is 1.72. The predicted octanol–water partition coefficient (Wildman–Crippen LogP) is 2.60. The maximum Gasteiger partial charge on any atom is 0.124 e. The van der Waals surface area contributed by atoms with Crippen molar-refractivity contribution in [3.63, 3.8) is 0 Å². The van der Waals surface area contributed by atoms with Crippen molar-refractivity contribution in [2.45, 2.75) is 4.90 Å². The summed E-state index contributed by atoms with van der Waals surface area (Å²) < 4.78 is 35.7. The molecule has 0 bridgehead atoms. The minimum atomic E-state index is -1.40. The third-order valence-corrected chi connectivity index (χ3v) is 4.20. The number of hydrogen-bond donors (Lipinski definition) is 1. The van der Waals surface area contributed by atoms with Crippen molar-refractivity contribution in [2.24, 2.45) is 0 Å². The van der Waals surface area contributed by atoms with Crippen molar-refractivity contribution in [1.82, 2.24) is 0 Å². The molecule has 0 heterocycles. The van der Waals surface area contributed by atoms with Crippen LogP contribution in [0.25, 0.3) is 0 Å². The Morgan fingerprint density at radius 1 is 1.14 bits per heavy atom.